The van der Waals surface area contributed by atoms with Gasteiger partial charge >= 0.3 is 5.97 Å². The van der Waals surface area contributed by atoms with Gasteiger partial charge in [-0.25, -0.2) is 0 Å². The average Bonchev–Trinajstić information content (AvgIpc) is 3.26. The predicted molar refractivity (Wildman–Crippen MR) is 76.0 cm³/mol. The summed E-state index contributed by atoms with van der Waals surface area (Å²) in [4.78, 5) is 13.9. The maximum absolute atomic E-state index is 11.6. The first-order valence-corrected chi connectivity index (χ1v) is 7.14. The van der Waals surface area contributed by atoms with Crippen LogP contribution in [-0.2, 0) is 22.4 Å². The van der Waals surface area contributed by atoms with Gasteiger partial charge in [0.05, 0.1) is 20.8 Å². The van der Waals surface area contributed by atoms with Crippen LogP contribution < -0.4 is 4.74 Å². The van der Waals surface area contributed by atoms with Crippen molar-refractivity contribution >= 4 is 5.97 Å². The van der Waals surface area contributed by atoms with Crippen molar-refractivity contribution in [2.24, 2.45) is 0 Å². The molecule has 0 N–H and O–H groups in total. The maximum Gasteiger partial charge on any atom is 0.319 e. The minimum Gasteiger partial charge on any atom is -0.497 e. The molecule has 0 saturated heterocycles. The zero-order valence-corrected chi connectivity index (χ0v) is 12.1. The number of carbonyl (C=O) groups excluding carboxylic acids is 1. The largest absolute Gasteiger partial charge is 0.497 e. The van der Waals surface area contributed by atoms with E-state index in [1.165, 1.54) is 31.1 Å². The first kappa shape index (κ1) is 13.4. The molecule has 0 aromatic heterocycles. The van der Waals surface area contributed by atoms with Gasteiger partial charge in [-0.1, -0.05) is 6.07 Å². The van der Waals surface area contributed by atoms with Gasteiger partial charge in [0, 0.05) is 12.1 Å². The van der Waals surface area contributed by atoms with Crippen molar-refractivity contribution in [3.63, 3.8) is 0 Å². The quantitative estimate of drug-likeness (QED) is 0.789. The molecule has 4 nitrogen and oxygen atoms in total. The SMILES string of the molecule is COC(=O)CN1CCc2ccc(OC)cc2CC12CC2. The summed E-state index contributed by atoms with van der Waals surface area (Å²) < 4.78 is 10.2. The van der Waals surface area contributed by atoms with E-state index in [0.29, 0.717) is 6.54 Å². The molecule has 20 heavy (non-hydrogen) atoms. The van der Waals surface area contributed by atoms with Crippen LogP contribution in [0.2, 0.25) is 0 Å². The van der Waals surface area contributed by atoms with Crippen LogP contribution in [0.4, 0.5) is 0 Å². The summed E-state index contributed by atoms with van der Waals surface area (Å²) in [6.45, 7) is 1.33. The number of carbonyl (C=O) groups is 1. The lowest BCUT2D eigenvalue weighted by molar-refractivity contribution is -0.142. The topological polar surface area (TPSA) is 38.8 Å². The third-order valence-corrected chi connectivity index (χ3v) is 4.63. The van der Waals surface area contributed by atoms with Crippen LogP contribution in [-0.4, -0.2) is 43.7 Å². The predicted octanol–water partition coefficient (Wildman–Crippen LogP) is 1.80. The smallest absolute Gasteiger partial charge is 0.319 e. The van der Waals surface area contributed by atoms with Crippen molar-refractivity contribution in [2.75, 3.05) is 27.3 Å². The number of nitrogens with zero attached hydrogens (tertiary/aromatic N) is 1. The fourth-order valence-corrected chi connectivity index (χ4v) is 3.20. The fraction of sp³-hybridized carbons (Fsp3) is 0.562. The van der Waals surface area contributed by atoms with E-state index in [9.17, 15) is 4.79 Å². The van der Waals surface area contributed by atoms with Crippen LogP contribution >= 0.6 is 0 Å². The Kier molecular flexibility index (Phi) is 3.42. The zero-order valence-electron chi connectivity index (χ0n) is 12.1. The lowest BCUT2D eigenvalue weighted by atomic mass is 9.99. The van der Waals surface area contributed by atoms with Crippen LogP contribution in [0.25, 0.3) is 0 Å². The molecule has 0 amide bonds. The van der Waals surface area contributed by atoms with Crippen molar-refractivity contribution in [1.29, 1.82) is 0 Å². The summed E-state index contributed by atoms with van der Waals surface area (Å²) >= 11 is 0. The summed E-state index contributed by atoms with van der Waals surface area (Å²) in [6.07, 6.45) is 4.33. The van der Waals surface area contributed by atoms with E-state index >= 15 is 0 Å². The molecule has 1 saturated carbocycles. The number of fused-ring (bicyclic) bond motifs is 1. The van der Waals surface area contributed by atoms with E-state index in [4.69, 9.17) is 9.47 Å². The van der Waals surface area contributed by atoms with E-state index in [-0.39, 0.29) is 11.5 Å². The Morgan fingerprint density at radius 3 is 2.75 bits per heavy atom. The summed E-state index contributed by atoms with van der Waals surface area (Å²) in [5.74, 6) is 0.778. The number of rotatable bonds is 3. The maximum atomic E-state index is 11.6. The minimum absolute atomic E-state index is 0.139. The second-order valence-electron chi connectivity index (χ2n) is 5.78. The van der Waals surface area contributed by atoms with Crippen molar-refractivity contribution in [3.8, 4) is 5.75 Å². The normalized spacial score (nSPS) is 20.1. The van der Waals surface area contributed by atoms with Crippen molar-refractivity contribution < 1.29 is 14.3 Å². The first-order valence-electron chi connectivity index (χ1n) is 7.14. The molecule has 0 bridgehead atoms. The van der Waals surface area contributed by atoms with Crippen LogP contribution in [0.15, 0.2) is 18.2 Å². The Morgan fingerprint density at radius 1 is 1.30 bits per heavy atom. The van der Waals surface area contributed by atoms with Gasteiger partial charge in [0.2, 0.25) is 0 Å². The molecule has 1 aliphatic carbocycles. The molecule has 1 spiro atoms. The van der Waals surface area contributed by atoms with E-state index in [1.54, 1.807) is 7.11 Å². The Balaban J connectivity index is 1.84. The van der Waals surface area contributed by atoms with Crippen molar-refractivity contribution in [2.45, 2.75) is 31.2 Å². The molecule has 1 aromatic rings. The van der Waals surface area contributed by atoms with Crippen LogP contribution in [0, 0.1) is 0 Å². The van der Waals surface area contributed by atoms with Crippen molar-refractivity contribution in [3.05, 3.63) is 29.3 Å². The molecule has 3 rings (SSSR count). The molecule has 108 valence electrons. The summed E-state index contributed by atoms with van der Waals surface area (Å²) in [5.41, 5.74) is 2.92. The van der Waals surface area contributed by atoms with Gasteiger partial charge in [-0.2, -0.15) is 0 Å². The molecule has 0 unspecified atom stereocenters. The average molecular weight is 275 g/mol. The summed E-state index contributed by atoms with van der Waals surface area (Å²) in [6, 6.07) is 6.33. The Labute approximate surface area is 119 Å². The van der Waals surface area contributed by atoms with E-state index in [1.807, 2.05) is 6.07 Å². The third-order valence-electron chi connectivity index (χ3n) is 4.63. The highest BCUT2D eigenvalue weighted by Gasteiger charge is 2.49. The number of esters is 1. The molecule has 1 aromatic carbocycles. The van der Waals surface area contributed by atoms with Gasteiger partial charge in [0.1, 0.15) is 5.75 Å². The monoisotopic (exact) mass is 275 g/mol. The Morgan fingerprint density at radius 2 is 2.10 bits per heavy atom. The molecule has 2 aliphatic rings. The van der Waals surface area contributed by atoms with E-state index < -0.39 is 0 Å². The lowest BCUT2D eigenvalue weighted by Crippen LogP contribution is -2.42. The third kappa shape index (κ3) is 2.40. The molecule has 0 radical (unpaired) electrons. The molecule has 1 aliphatic heterocycles. The molecule has 4 heteroatoms. The van der Waals surface area contributed by atoms with Crippen LogP contribution in [0.3, 0.4) is 0 Å². The Bertz CT molecular complexity index is 522. The number of hydrogen-bond donors (Lipinski definition) is 0. The van der Waals surface area contributed by atoms with Gasteiger partial charge in [0.15, 0.2) is 0 Å². The second-order valence-corrected chi connectivity index (χ2v) is 5.78. The minimum atomic E-state index is -0.139. The highest BCUT2D eigenvalue weighted by atomic mass is 16.5. The molecule has 1 fully saturated rings. The standard InChI is InChI=1S/C16H21NO3/c1-19-14-4-3-12-5-8-17(11-15(18)20-2)16(6-7-16)10-13(12)9-14/h3-4,9H,5-8,10-11H2,1-2H3. The fourth-order valence-electron chi connectivity index (χ4n) is 3.20. The van der Waals surface area contributed by atoms with E-state index in [0.717, 1.165) is 25.1 Å². The van der Waals surface area contributed by atoms with Gasteiger partial charge in [-0.3, -0.25) is 9.69 Å². The zero-order chi connectivity index (χ0) is 14.2. The summed E-state index contributed by atoms with van der Waals surface area (Å²) in [7, 11) is 3.16. The van der Waals surface area contributed by atoms with Gasteiger partial charge in [-0.05, 0) is 48.9 Å². The van der Waals surface area contributed by atoms with Crippen molar-refractivity contribution in [1.82, 2.24) is 4.90 Å². The second kappa shape index (κ2) is 5.09. The molecular formula is C16H21NO3. The highest BCUT2D eigenvalue weighted by Crippen LogP contribution is 2.46. The highest BCUT2D eigenvalue weighted by molar-refractivity contribution is 5.71. The van der Waals surface area contributed by atoms with Crippen LogP contribution in [0.1, 0.15) is 24.0 Å². The number of hydrogen-bond acceptors (Lipinski definition) is 4. The number of methoxy groups -OCH3 is 2. The van der Waals surface area contributed by atoms with Gasteiger partial charge in [0.25, 0.3) is 0 Å². The van der Waals surface area contributed by atoms with E-state index in [2.05, 4.69) is 17.0 Å². The molecular weight excluding hydrogens is 254 g/mol. The molecule has 1 heterocycles. The van der Waals surface area contributed by atoms with Crippen LogP contribution in [0.5, 0.6) is 5.75 Å². The Hall–Kier alpha value is -1.55. The number of ether oxygens (including phenoxy) is 2. The van der Waals surface area contributed by atoms with Gasteiger partial charge < -0.3 is 9.47 Å². The molecule has 0 atom stereocenters. The summed E-state index contributed by atoms with van der Waals surface area (Å²) in [5, 5.41) is 0. The lowest BCUT2D eigenvalue weighted by Gasteiger charge is -2.28. The first-order chi connectivity index (χ1) is 9.66. The number of benzene rings is 1. The van der Waals surface area contributed by atoms with Gasteiger partial charge in [-0.15, -0.1) is 0 Å².